The van der Waals surface area contributed by atoms with Crippen molar-refractivity contribution in [2.75, 3.05) is 13.1 Å². The molecule has 1 aromatic carbocycles. The Morgan fingerprint density at radius 1 is 1.14 bits per heavy atom. The molecule has 1 heterocycles. The molecule has 5 heteroatoms. The Hall–Kier alpha value is -1.49. The van der Waals surface area contributed by atoms with E-state index in [9.17, 15) is 14.7 Å². The fourth-order valence-corrected chi connectivity index (χ4v) is 3.61. The largest absolute Gasteiger partial charge is 0.478 e. The second kappa shape index (κ2) is 7.50. The highest BCUT2D eigenvalue weighted by atomic mass is 32.2. The molecule has 1 atom stereocenters. The molecule has 1 aliphatic rings. The number of hydrogen-bond donors (Lipinski definition) is 1. The van der Waals surface area contributed by atoms with Crippen molar-refractivity contribution in [3.8, 4) is 0 Å². The average molecular weight is 307 g/mol. The third-order valence-electron chi connectivity index (χ3n) is 3.69. The molecule has 1 fully saturated rings. The number of benzene rings is 1. The zero-order valence-corrected chi connectivity index (χ0v) is 13.1. The summed E-state index contributed by atoms with van der Waals surface area (Å²) in [6.45, 7) is 3.51. The van der Waals surface area contributed by atoms with Gasteiger partial charge in [-0.05, 0) is 31.9 Å². The molecule has 114 valence electrons. The topological polar surface area (TPSA) is 57.6 Å². The molecule has 1 aromatic rings. The monoisotopic (exact) mass is 307 g/mol. The lowest BCUT2D eigenvalue weighted by molar-refractivity contribution is -0.130. The first-order valence-corrected chi connectivity index (χ1v) is 8.25. The molecule has 2 rings (SSSR count). The smallest absolute Gasteiger partial charge is 0.336 e. The number of thioether (sulfide) groups is 1. The van der Waals surface area contributed by atoms with E-state index >= 15 is 0 Å². The van der Waals surface area contributed by atoms with Crippen LogP contribution in [0.3, 0.4) is 0 Å². The molecule has 0 radical (unpaired) electrons. The Kier molecular flexibility index (Phi) is 5.67. The standard InChI is InChI=1S/C16H21NO3S/c1-12(15(18)17-10-6-2-3-7-11-17)21-14-9-5-4-8-13(14)16(19)20/h4-5,8-9,12H,2-3,6-7,10-11H2,1H3,(H,19,20). The van der Waals surface area contributed by atoms with Crippen LogP contribution in [0.25, 0.3) is 0 Å². The van der Waals surface area contributed by atoms with Crippen LogP contribution in [0, 0.1) is 0 Å². The molecule has 1 amide bonds. The maximum atomic E-state index is 12.5. The van der Waals surface area contributed by atoms with Crippen molar-refractivity contribution >= 4 is 23.6 Å². The zero-order valence-electron chi connectivity index (χ0n) is 12.2. The summed E-state index contributed by atoms with van der Waals surface area (Å²) < 4.78 is 0. The van der Waals surface area contributed by atoms with Crippen LogP contribution in [0.2, 0.25) is 0 Å². The van der Waals surface area contributed by atoms with Crippen LogP contribution in [0.15, 0.2) is 29.2 Å². The van der Waals surface area contributed by atoms with Crippen molar-refractivity contribution < 1.29 is 14.7 Å². The predicted molar refractivity (Wildman–Crippen MR) is 83.8 cm³/mol. The highest BCUT2D eigenvalue weighted by Crippen LogP contribution is 2.28. The first-order chi connectivity index (χ1) is 10.1. The van der Waals surface area contributed by atoms with Crippen molar-refractivity contribution in [2.45, 2.75) is 42.8 Å². The molecule has 0 saturated carbocycles. The number of carbonyl (C=O) groups excluding carboxylic acids is 1. The number of aromatic carboxylic acids is 1. The quantitative estimate of drug-likeness (QED) is 0.867. The number of hydrogen-bond acceptors (Lipinski definition) is 3. The maximum absolute atomic E-state index is 12.5. The SMILES string of the molecule is CC(Sc1ccccc1C(=O)O)C(=O)N1CCCCCC1. The van der Waals surface area contributed by atoms with Crippen LogP contribution in [-0.2, 0) is 4.79 Å². The second-order valence-electron chi connectivity index (χ2n) is 5.30. The highest BCUT2D eigenvalue weighted by molar-refractivity contribution is 8.00. The van der Waals surface area contributed by atoms with Gasteiger partial charge in [0.15, 0.2) is 0 Å². The van der Waals surface area contributed by atoms with Crippen LogP contribution in [0.5, 0.6) is 0 Å². The van der Waals surface area contributed by atoms with Gasteiger partial charge in [0.1, 0.15) is 0 Å². The minimum absolute atomic E-state index is 0.113. The summed E-state index contributed by atoms with van der Waals surface area (Å²) >= 11 is 1.34. The number of likely N-dealkylation sites (tertiary alicyclic amines) is 1. The summed E-state index contributed by atoms with van der Waals surface area (Å²) in [4.78, 5) is 26.3. The lowest BCUT2D eigenvalue weighted by Crippen LogP contribution is -2.37. The number of amides is 1. The summed E-state index contributed by atoms with van der Waals surface area (Å²) in [7, 11) is 0. The number of nitrogens with zero attached hydrogens (tertiary/aromatic N) is 1. The molecule has 4 nitrogen and oxygen atoms in total. The van der Waals surface area contributed by atoms with Gasteiger partial charge in [0.05, 0.1) is 10.8 Å². The van der Waals surface area contributed by atoms with Crippen LogP contribution in [0.1, 0.15) is 43.0 Å². The van der Waals surface area contributed by atoms with Crippen LogP contribution in [-0.4, -0.2) is 40.2 Å². The van der Waals surface area contributed by atoms with E-state index in [-0.39, 0.29) is 16.7 Å². The van der Waals surface area contributed by atoms with Gasteiger partial charge in [0.2, 0.25) is 5.91 Å². The molecular formula is C16H21NO3S. The molecular weight excluding hydrogens is 286 g/mol. The lowest BCUT2D eigenvalue weighted by atomic mass is 10.2. The van der Waals surface area contributed by atoms with E-state index in [1.54, 1.807) is 24.3 Å². The number of carbonyl (C=O) groups is 2. The van der Waals surface area contributed by atoms with Gasteiger partial charge in [-0.15, -0.1) is 11.8 Å². The third kappa shape index (κ3) is 4.24. The summed E-state index contributed by atoms with van der Waals surface area (Å²) in [6, 6.07) is 6.85. The molecule has 0 bridgehead atoms. The van der Waals surface area contributed by atoms with Gasteiger partial charge in [-0.1, -0.05) is 25.0 Å². The summed E-state index contributed by atoms with van der Waals surface area (Å²) in [5.41, 5.74) is 0.262. The van der Waals surface area contributed by atoms with Gasteiger partial charge in [-0.3, -0.25) is 4.79 Å². The molecule has 0 spiro atoms. The Bertz CT molecular complexity index is 510. The van der Waals surface area contributed by atoms with Gasteiger partial charge < -0.3 is 10.0 Å². The first kappa shape index (κ1) is 15.9. The Balaban J connectivity index is 2.05. The van der Waals surface area contributed by atoms with Crippen LogP contribution < -0.4 is 0 Å². The number of rotatable bonds is 4. The van der Waals surface area contributed by atoms with Gasteiger partial charge >= 0.3 is 5.97 Å². The first-order valence-electron chi connectivity index (χ1n) is 7.37. The fraction of sp³-hybridized carbons (Fsp3) is 0.500. The van der Waals surface area contributed by atoms with Crippen molar-refractivity contribution in [1.29, 1.82) is 0 Å². The van der Waals surface area contributed by atoms with E-state index in [4.69, 9.17) is 0 Å². The lowest BCUT2D eigenvalue weighted by Gasteiger charge is -2.24. The van der Waals surface area contributed by atoms with E-state index in [0.29, 0.717) is 4.90 Å². The van der Waals surface area contributed by atoms with Gasteiger partial charge in [0.25, 0.3) is 0 Å². The van der Waals surface area contributed by atoms with Crippen molar-refractivity contribution in [3.05, 3.63) is 29.8 Å². The maximum Gasteiger partial charge on any atom is 0.336 e. The van der Waals surface area contributed by atoms with E-state index < -0.39 is 5.97 Å². The summed E-state index contributed by atoms with van der Waals surface area (Å²) in [5.74, 6) is -0.838. The Labute approximate surface area is 129 Å². The highest BCUT2D eigenvalue weighted by Gasteiger charge is 2.23. The number of carboxylic acid groups (broad SMARTS) is 1. The van der Waals surface area contributed by atoms with Crippen LogP contribution in [0.4, 0.5) is 0 Å². The minimum atomic E-state index is -0.951. The predicted octanol–water partition coefficient (Wildman–Crippen LogP) is 3.27. The van der Waals surface area contributed by atoms with E-state index in [0.717, 1.165) is 25.9 Å². The molecule has 1 aliphatic heterocycles. The second-order valence-corrected chi connectivity index (χ2v) is 6.68. The molecule has 0 aromatic heterocycles. The van der Waals surface area contributed by atoms with Crippen molar-refractivity contribution in [2.24, 2.45) is 0 Å². The van der Waals surface area contributed by atoms with Crippen molar-refractivity contribution in [1.82, 2.24) is 4.90 Å². The number of carboxylic acids is 1. The fourth-order valence-electron chi connectivity index (χ4n) is 2.54. The van der Waals surface area contributed by atoms with E-state index in [2.05, 4.69) is 0 Å². The van der Waals surface area contributed by atoms with Gasteiger partial charge in [-0.25, -0.2) is 4.79 Å². The minimum Gasteiger partial charge on any atom is -0.478 e. The Morgan fingerprint density at radius 3 is 2.38 bits per heavy atom. The van der Waals surface area contributed by atoms with Gasteiger partial charge in [0, 0.05) is 18.0 Å². The third-order valence-corrected chi connectivity index (χ3v) is 4.85. The van der Waals surface area contributed by atoms with E-state index in [1.165, 1.54) is 24.6 Å². The molecule has 1 saturated heterocycles. The molecule has 1 unspecified atom stereocenters. The molecule has 0 aliphatic carbocycles. The van der Waals surface area contributed by atoms with E-state index in [1.807, 2.05) is 11.8 Å². The molecule has 1 N–H and O–H groups in total. The van der Waals surface area contributed by atoms with Crippen LogP contribution >= 0.6 is 11.8 Å². The summed E-state index contributed by atoms with van der Waals surface area (Å²) in [6.07, 6.45) is 4.50. The Morgan fingerprint density at radius 2 is 1.76 bits per heavy atom. The van der Waals surface area contributed by atoms with Crippen molar-refractivity contribution in [3.63, 3.8) is 0 Å². The van der Waals surface area contributed by atoms with Gasteiger partial charge in [-0.2, -0.15) is 0 Å². The normalized spacial score (nSPS) is 17.1. The average Bonchev–Trinajstić information content (AvgIpc) is 2.75. The molecule has 21 heavy (non-hydrogen) atoms. The zero-order chi connectivity index (χ0) is 15.2. The summed E-state index contributed by atoms with van der Waals surface area (Å²) in [5, 5.41) is 8.93.